The second kappa shape index (κ2) is 7.93. The van der Waals surface area contributed by atoms with E-state index in [9.17, 15) is 13.2 Å². The van der Waals surface area contributed by atoms with Gasteiger partial charge in [-0.05, 0) is 30.6 Å². The lowest BCUT2D eigenvalue weighted by Crippen LogP contribution is -2.30. The van der Waals surface area contributed by atoms with Gasteiger partial charge in [0.1, 0.15) is 0 Å². The zero-order chi connectivity index (χ0) is 16.9. The first kappa shape index (κ1) is 17.9. The topological polar surface area (TPSA) is 66.5 Å². The van der Waals surface area contributed by atoms with E-state index in [2.05, 4.69) is 36.2 Å². The minimum atomic E-state index is -3.01. The fraction of sp³-hybridized carbons (Fsp3) is 0.588. The van der Waals surface area contributed by atoms with Crippen molar-refractivity contribution in [1.82, 2.24) is 10.2 Å². The van der Waals surface area contributed by atoms with Crippen molar-refractivity contribution in [3.63, 3.8) is 0 Å². The average Bonchev–Trinajstić information content (AvgIpc) is 2.91. The maximum absolute atomic E-state index is 12.0. The summed E-state index contributed by atoms with van der Waals surface area (Å²) in [4.78, 5) is 14.4. The van der Waals surface area contributed by atoms with Crippen molar-refractivity contribution in [2.45, 2.75) is 33.4 Å². The number of sulfone groups is 1. The first-order chi connectivity index (χ1) is 10.9. The van der Waals surface area contributed by atoms with Gasteiger partial charge in [-0.2, -0.15) is 0 Å². The van der Waals surface area contributed by atoms with Gasteiger partial charge in [0.2, 0.25) is 5.91 Å². The molecule has 5 nitrogen and oxygen atoms in total. The van der Waals surface area contributed by atoms with Gasteiger partial charge in [0.05, 0.1) is 17.4 Å². The molecule has 0 aromatic heterocycles. The molecule has 1 aliphatic heterocycles. The number of benzene rings is 1. The molecule has 0 radical (unpaired) electrons. The Bertz CT molecular complexity index is 622. The summed E-state index contributed by atoms with van der Waals surface area (Å²) in [6.07, 6.45) is 0.441. The molecule has 1 amide bonds. The molecule has 0 aliphatic carbocycles. The first-order valence-electron chi connectivity index (χ1n) is 8.21. The molecule has 1 atom stereocenters. The summed E-state index contributed by atoms with van der Waals surface area (Å²) in [6, 6.07) is 8.20. The highest BCUT2D eigenvalue weighted by Gasteiger charge is 2.32. The largest absolute Gasteiger partial charge is 0.352 e. The highest BCUT2D eigenvalue weighted by Crippen LogP contribution is 2.18. The molecule has 1 aromatic carbocycles. The van der Waals surface area contributed by atoms with E-state index in [0.29, 0.717) is 13.0 Å². The van der Waals surface area contributed by atoms with E-state index in [-0.39, 0.29) is 23.3 Å². The SMILES string of the molecule is CCN(CC)Cc1ccc(CNC(=O)C2CCS(=O)(=O)C2)cc1. The summed E-state index contributed by atoms with van der Waals surface area (Å²) in [5.74, 6) is -0.424. The van der Waals surface area contributed by atoms with Gasteiger partial charge in [-0.1, -0.05) is 38.1 Å². The van der Waals surface area contributed by atoms with Crippen molar-refractivity contribution in [3.8, 4) is 0 Å². The number of carbonyl (C=O) groups is 1. The summed E-state index contributed by atoms with van der Waals surface area (Å²) in [5, 5.41) is 2.85. The fourth-order valence-corrected chi connectivity index (χ4v) is 4.54. The molecule has 1 heterocycles. The third-order valence-electron chi connectivity index (χ3n) is 4.39. The van der Waals surface area contributed by atoms with Crippen molar-refractivity contribution in [3.05, 3.63) is 35.4 Å². The summed E-state index contributed by atoms with van der Waals surface area (Å²) in [7, 11) is -3.01. The number of carbonyl (C=O) groups excluding carboxylic acids is 1. The highest BCUT2D eigenvalue weighted by molar-refractivity contribution is 7.91. The predicted molar refractivity (Wildman–Crippen MR) is 91.7 cm³/mol. The molecule has 128 valence electrons. The normalized spacial score (nSPS) is 19.9. The zero-order valence-corrected chi connectivity index (χ0v) is 14.7. The number of amides is 1. The molecule has 1 fully saturated rings. The third kappa shape index (κ3) is 5.32. The van der Waals surface area contributed by atoms with E-state index in [0.717, 1.165) is 25.2 Å². The van der Waals surface area contributed by atoms with Gasteiger partial charge in [-0.3, -0.25) is 9.69 Å². The van der Waals surface area contributed by atoms with Gasteiger partial charge < -0.3 is 5.32 Å². The molecule has 1 aromatic rings. The summed E-state index contributed by atoms with van der Waals surface area (Å²) in [6.45, 7) is 7.73. The van der Waals surface area contributed by atoms with Crippen LogP contribution in [0.25, 0.3) is 0 Å². The van der Waals surface area contributed by atoms with E-state index in [1.165, 1.54) is 5.56 Å². The second-order valence-corrected chi connectivity index (χ2v) is 8.32. The lowest BCUT2D eigenvalue weighted by Gasteiger charge is -2.18. The Hall–Kier alpha value is -1.40. The number of nitrogens with one attached hydrogen (secondary N) is 1. The van der Waals surface area contributed by atoms with Gasteiger partial charge >= 0.3 is 0 Å². The predicted octanol–water partition coefficient (Wildman–Crippen LogP) is 1.58. The van der Waals surface area contributed by atoms with E-state index < -0.39 is 9.84 Å². The zero-order valence-electron chi connectivity index (χ0n) is 13.9. The van der Waals surface area contributed by atoms with Crippen molar-refractivity contribution < 1.29 is 13.2 Å². The molecule has 1 saturated heterocycles. The van der Waals surface area contributed by atoms with Crippen LogP contribution in [-0.2, 0) is 27.7 Å². The van der Waals surface area contributed by atoms with Gasteiger partial charge in [0.25, 0.3) is 0 Å². The molecule has 0 bridgehead atoms. The quantitative estimate of drug-likeness (QED) is 0.820. The Balaban J connectivity index is 1.83. The van der Waals surface area contributed by atoms with Gasteiger partial charge in [0.15, 0.2) is 9.84 Å². The van der Waals surface area contributed by atoms with Gasteiger partial charge in [-0.15, -0.1) is 0 Å². The molecule has 0 spiro atoms. The van der Waals surface area contributed by atoms with Crippen LogP contribution < -0.4 is 5.32 Å². The molecule has 23 heavy (non-hydrogen) atoms. The van der Waals surface area contributed by atoms with Crippen molar-refractivity contribution in [2.75, 3.05) is 24.6 Å². The number of nitrogens with zero attached hydrogens (tertiary/aromatic N) is 1. The molecular weight excluding hydrogens is 312 g/mol. The lowest BCUT2D eigenvalue weighted by atomic mass is 10.1. The average molecular weight is 338 g/mol. The Morgan fingerprint density at radius 1 is 1.17 bits per heavy atom. The number of hydrogen-bond acceptors (Lipinski definition) is 4. The maximum Gasteiger partial charge on any atom is 0.224 e. The molecule has 1 N–H and O–H groups in total. The summed E-state index contributed by atoms with van der Waals surface area (Å²) in [5.41, 5.74) is 2.29. The molecule has 1 unspecified atom stereocenters. The lowest BCUT2D eigenvalue weighted by molar-refractivity contribution is -0.124. The Labute approximate surface area is 139 Å². The van der Waals surface area contributed by atoms with E-state index in [4.69, 9.17) is 0 Å². The first-order valence-corrected chi connectivity index (χ1v) is 10.0. The second-order valence-electron chi connectivity index (χ2n) is 6.10. The number of hydrogen-bond donors (Lipinski definition) is 1. The number of rotatable bonds is 7. The minimum absolute atomic E-state index is 0.0123. The summed E-state index contributed by atoms with van der Waals surface area (Å²) >= 11 is 0. The fourth-order valence-electron chi connectivity index (χ4n) is 2.80. The Morgan fingerprint density at radius 3 is 2.30 bits per heavy atom. The molecule has 2 rings (SSSR count). The van der Waals surface area contributed by atoms with Crippen LogP contribution in [0.5, 0.6) is 0 Å². The molecule has 6 heteroatoms. The maximum atomic E-state index is 12.0. The van der Waals surface area contributed by atoms with Gasteiger partial charge in [-0.25, -0.2) is 8.42 Å². The van der Waals surface area contributed by atoms with Crippen LogP contribution in [0.2, 0.25) is 0 Å². The molecule has 0 saturated carbocycles. The summed E-state index contributed by atoms with van der Waals surface area (Å²) < 4.78 is 22.8. The highest BCUT2D eigenvalue weighted by atomic mass is 32.2. The van der Waals surface area contributed by atoms with Crippen LogP contribution in [-0.4, -0.2) is 43.8 Å². The van der Waals surface area contributed by atoms with Crippen LogP contribution >= 0.6 is 0 Å². The van der Waals surface area contributed by atoms with E-state index >= 15 is 0 Å². The monoisotopic (exact) mass is 338 g/mol. The molecular formula is C17H26N2O3S. The van der Waals surface area contributed by atoms with Crippen molar-refractivity contribution >= 4 is 15.7 Å². The minimum Gasteiger partial charge on any atom is -0.352 e. The van der Waals surface area contributed by atoms with Crippen LogP contribution in [0.4, 0.5) is 0 Å². The van der Waals surface area contributed by atoms with Gasteiger partial charge in [0, 0.05) is 13.1 Å². The Morgan fingerprint density at radius 2 is 1.78 bits per heavy atom. The van der Waals surface area contributed by atoms with E-state index in [1.54, 1.807) is 0 Å². The molecule has 1 aliphatic rings. The standard InChI is InChI=1S/C17H26N2O3S/c1-3-19(4-2)12-15-7-5-14(6-8-15)11-18-17(20)16-9-10-23(21,22)13-16/h5-8,16H,3-4,9-13H2,1-2H3,(H,18,20). The van der Waals surface area contributed by atoms with Crippen molar-refractivity contribution in [1.29, 1.82) is 0 Å². The van der Waals surface area contributed by atoms with Crippen LogP contribution in [0.1, 0.15) is 31.4 Å². The van der Waals surface area contributed by atoms with Crippen LogP contribution in [0, 0.1) is 5.92 Å². The van der Waals surface area contributed by atoms with Crippen LogP contribution in [0.3, 0.4) is 0 Å². The van der Waals surface area contributed by atoms with Crippen molar-refractivity contribution in [2.24, 2.45) is 5.92 Å². The van der Waals surface area contributed by atoms with E-state index in [1.807, 2.05) is 12.1 Å². The third-order valence-corrected chi connectivity index (χ3v) is 6.16. The van der Waals surface area contributed by atoms with Crippen LogP contribution in [0.15, 0.2) is 24.3 Å². The Kier molecular flexibility index (Phi) is 6.18. The smallest absolute Gasteiger partial charge is 0.224 e.